The molecule has 0 saturated heterocycles. The predicted octanol–water partition coefficient (Wildman–Crippen LogP) is 2.95. The number of ether oxygens (including phenoxy) is 1. The fraction of sp³-hybridized carbons (Fsp3) is 0.462. The number of halogens is 1. The molecule has 98 valence electrons. The molecule has 0 bridgehead atoms. The Kier molecular flexibility index (Phi) is 3.39. The molecule has 0 unspecified atom stereocenters. The van der Waals surface area contributed by atoms with Gasteiger partial charge in [0.1, 0.15) is 0 Å². The molecule has 1 aromatic carbocycles. The predicted molar refractivity (Wildman–Crippen MR) is 67.5 cm³/mol. The molecule has 5 heteroatoms. The van der Waals surface area contributed by atoms with Crippen LogP contribution in [0.4, 0.5) is 0 Å². The van der Waals surface area contributed by atoms with E-state index in [4.69, 9.17) is 16.3 Å². The third kappa shape index (κ3) is 1.90. The van der Waals surface area contributed by atoms with Crippen LogP contribution in [0.5, 0.6) is 11.5 Å². The van der Waals surface area contributed by atoms with E-state index in [-0.39, 0.29) is 11.5 Å². The summed E-state index contributed by atoms with van der Waals surface area (Å²) in [5.74, 6) is -0.823. The molecular formula is C13H15ClO4. The quantitative estimate of drug-likeness (QED) is 0.886. The summed E-state index contributed by atoms with van der Waals surface area (Å²) in [5.41, 5.74) is -0.681. The van der Waals surface area contributed by atoms with Crippen LogP contribution in [-0.4, -0.2) is 23.3 Å². The van der Waals surface area contributed by atoms with Crippen LogP contribution < -0.4 is 4.74 Å². The molecule has 1 aliphatic rings. The zero-order valence-corrected chi connectivity index (χ0v) is 10.8. The second-order valence-electron chi connectivity index (χ2n) is 4.60. The van der Waals surface area contributed by atoms with Crippen molar-refractivity contribution in [1.29, 1.82) is 0 Å². The van der Waals surface area contributed by atoms with Crippen LogP contribution in [0, 0.1) is 0 Å². The Labute approximate surface area is 110 Å². The molecule has 1 fully saturated rings. The molecule has 4 nitrogen and oxygen atoms in total. The third-order valence-electron chi connectivity index (χ3n) is 3.64. The molecule has 1 saturated carbocycles. The van der Waals surface area contributed by atoms with Crippen molar-refractivity contribution in [2.75, 3.05) is 7.11 Å². The van der Waals surface area contributed by atoms with Crippen LogP contribution in [-0.2, 0) is 10.2 Å². The van der Waals surface area contributed by atoms with Gasteiger partial charge in [0.15, 0.2) is 11.5 Å². The molecule has 0 amide bonds. The summed E-state index contributed by atoms with van der Waals surface area (Å²) in [5, 5.41) is 20.0. The van der Waals surface area contributed by atoms with E-state index < -0.39 is 11.4 Å². The fourth-order valence-corrected chi connectivity index (χ4v) is 2.88. The highest BCUT2D eigenvalue weighted by Crippen LogP contribution is 2.48. The Morgan fingerprint density at radius 1 is 1.39 bits per heavy atom. The van der Waals surface area contributed by atoms with Gasteiger partial charge in [0, 0.05) is 16.7 Å². The number of phenols is 1. The average Bonchev–Trinajstić information content (AvgIpc) is 2.82. The number of carboxylic acid groups (broad SMARTS) is 1. The van der Waals surface area contributed by atoms with Crippen molar-refractivity contribution in [3.8, 4) is 11.5 Å². The number of phenolic OH excluding ortho intramolecular Hbond substituents is 1. The zero-order chi connectivity index (χ0) is 13.3. The number of rotatable bonds is 3. The lowest BCUT2D eigenvalue weighted by Gasteiger charge is -2.26. The van der Waals surface area contributed by atoms with Crippen molar-refractivity contribution in [2.24, 2.45) is 0 Å². The summed E-state index contributed by atoms with van der Waals surface area (Å²) in [7, 11) is 1.41. The van der Waals surface area contributed by atoms with Crippen LogP contribution in [0.2, 0.25) is 5.02 Å². The van der Waals surface area contributed by atoms with Gasteiger partial charge in [-0.25, -0.2) is 0 Å². The number of hydrogen-bond acceptors (Lipinski definition) is 3. The Morgan fingerprint density at radius 2 is 2.00 bits per heavy atom. The average molecular weight is 271 g/mol. The van der Waals surface area contributed by atoms with E-state index in [9.17, 15) is 15.0 Å². The Hall–Kier alpha value is -1.42. The van der Waals surface area contributed by atoms with Gasteiger partial charge in [-0.15, -0.1) is 0 Å². The van der Waals surface area contributed by atoms with Crippen molar-refractivity contribution in [3.05, 3.63) is 22.7 Å². The first-order valence-corrected chi connectivity index (χ1v) is 6.19. The highest BCUT2D eigenvalue weighted by Gasteiger charge is 2.45. The van der Waals surface area contributed by atoms with E-state index in [2.05, 4.69) is 0 Å². The van der Waals surface area contributed by atoms with Gasteiger partial charge in [-0.3, -0.25) is 4.79 Å². The number of methoxy groups -OCH3 is 1. The van der Waals surface area contributed by atoms with Gasteiger partial charge >= 0.3 is 5.97 Å². The van der Waals surface area contributed by atoms with E-state index in [1.807, 2.05) is 0 Å². The fourth-order valence-electron chi connectivity index (χ4n) is 2.67. The highest BCUT2D eigenvalue weighted by molar-refractivity contribution is 6.31. The van der Waals surface area contributed by atoms with Crippen molar-refractivity contribution in [1.82, 2.24) is 0 Å². The maximum atomic E-state index is 11.6. The standard InChI is InChI=1S/C13H15ClO4/c1-18-10-7-8(14)6-9(11(10)15)13(12(16)17)4-2-3-5-13/h6-7,15H,2-5H2,1H3,(H,16,17). The Morgan fingerprint density at radius 3 is 2.50 bits per heavy atom. The van der Waals surface area contributed by atoms with Crippen LogP contribution in [0.3, 0.4) is 0 Å². The molecule has 0 spiro atoms. The molecule has 1 aromatic rings. The molecule has 0 aliphatic heterocycles. The summed E-state index contributed by atoms with van der Waals surface area (Å²) in [4.78, 5) is 11.6. The molecule has 2 rings (SSSR count). The van der Waals surface area contributed by atoms with Gasteiger partial charge in [0.2, 0.25) is 0 Å². The highest BCUT2D eigenvalue weighted by atomic mass is 35.5. The maximum Gasteiger partial charge on any atom is 0.314 e. The molecule has 0 atom stereocenters. The monoisotopic (exact) mass is 270 g/mol. The maximum absolute atomic E-state index is 11.6. The summed E-state index contributed by atoms with van der Waals surface area (Å²) >= 11 is 5.96. The summed E-state index contributed by atoms with van der Waals surface area (Å²) in [6.07, 6.45) is 2.69. The molecule has 2 N–H and O–H groups in total. The normalized spacial score (nSPS) is 17.7. The van der Waals surface area contributed by atoms with E-state index in [1.54, 1.807) is 0 Å². The van der Waals surface area contributed by atoms with Crippen LogP contribution in [0.1, 0.15) is 31.2 Å². The summed E-state index contributed by atoms with van der Waals surface area (Å²) < 4.78 is 5.02. The second-order valence-corrected chi connectivity index (χ2v) is 5.04. The minimum atomic E-state index is -1.04. The van der Waals surface area contributed by atoms with E-state index >= 15 is 0 Å². The largest absolute Gasteiger partial charge is 0.504 e. The van der Waals surface area contributed by atoms with E-state index in [0.29, 0.717) is 23.4 Å². The van der Waals surface area contributed by atoms with E-state index in [0.717, 1.165) is 12.8 Å². The molecular weight excluding hydrogens is 256 g/mol. The lowest BCUT2D eigenvalue weighted by atomic mass is 9.78. The van der Waals surface area contributed by atoms with Gasteiger partial charge in [-0.1, -0.05) is 24.4 Å². The number of aromatic hydroxyl groups is 1. The van der Waals surface area contributed by atoms with Gasteiger partial charge in [0.25, 0.3) is 0 Å². The lowest BCUT2D eigenvalue weighted by molar-refractivity contribution is -0.143. The minimum absolute atomic E-state index is 0.119. The van der Waals surface area contributed by atoms with Crippen molar-refractivity contribution < 1.29 is 19.7 Å². The summed E-state index contributed by atoms with van der Waals surface area (Å²) in [6, 6.07) is 3.00. The van der Waals surface area contributed by atoms with Crippen molar-refractivity contribution >= 4 is 17.6 Å². The number of carbonyl (C=O) groups is 1. The Balaban J connectivity index is 2.61. The SMILES string of the molecule is COc1cc(Cl)cc(C2(C(=O)O)CCCC2)c1O. The topological polar surface area (TPSA) is 66.8 Å². The number of aliphatic carboxylic acids is 1. The van der Waals surface area contributed by atoms with Gasteiger partial charge in [-0.05, 0) is 18.9 Å². The van der Waals surface area contributed by atoms with Gasteiger partial charge < -0.3 is 14.9 Å². The van der Waals surface area contributed by atoms with Gasteiger partial charge in [-0.2, -0.15) is 0 Å². The molecule has 0 radical (unpaired) electrons. The minimum Gasteiger partial charge on any atom is -0.504 e. The first kappa shape index (κ1) is 13.0. The lowest BCUT2D eigenvalue weighted by Crippen LogP contribution is -2.32. The molecule has 0 aromatic heterocycles. The van der Waals surface area contributed by atoms with Crippen LogP contribution in [0.15, 0.2) is 12.1 Å². The Bertz CT molecular complexity index is 478. The second kappa shape index (κ2) is 4.69. The van der Waals surface area contributed by atoms with Crippen molar-refractivity contribution in [2.45, 2.75) is 31.1 Å². The van der Waals surface area contributed by atoms with Crippen LogP contribution >= 0.6 is 11.6 Å². The first-order valence-electron chi connectivity index (χ1n) is 5.81. The van der Waals surface area contributed by atoms with E-state index in [1.165, 1.54) is 19.2 Å². The zero-order valence-electron chi connectivity index (χ0n) is 10.1. The number of benzene rings is 1. The first-order chi connectivity index (χ1) is 8.51. The number of hydrogen-bond donors (Lipinski definition) is 2. The molecule has 0 heterocycles. The van der Waals surface area contributed by atoms with Gasteiger partial charge in [0.05, 0.1) is 12.5 Å². The van der Waals surface area contributed by atoms with Crippen molar-refractivity contribution in [3.63, 3.8) is 0 Å². The number of carboxylic acids is 1. The van der Waals surface area contributed by atoms with Crippen LogP contribution in [0.25, 0.3) is 0 Å². The third-order valence-corrected chi connectivity index (χ3v) is 3.86. The molecule has 1 aliphatic carbocycles. The summed E-state index contributed by atoms with van der Waals surface area (Å²) in [6.45, 7) is 0. The smallest absolute Gasteiger partial charge is 0.314 e. The molecule has 18 heavy (non-hydrogen) atoms.